The van der Waals surface area contributed by atoms with E-state index in [9.17, 15) is 14.4 Å². The van der Waals surface area contributed by atoms with E-state index in [0.717, 1.165) is 5.56 Å². The van der Waals surface area contributed by atoms with Crippen LogP contribution in [0.1, 0.15) is 22.3 Å². The van der Waals surface area contributed by atoms with Crippen LogP contribution >= 0.6 is 0 Å². The van der Waals surface area contributed by atoms with Crippen molar-refractivity contribution >= 4 is 34.8 Å². The minimum atomic E-state index is -0.960. The maximum Gasteiger partial charge on any atom is 0.259 e. The van der Waals surface area contributed by atoms with Crippen LogP contribution in [0, 0.1) is 6.92 Å². The molecule has 0 fully saturated rings. The highest BCUT2D eigenvalue weighted by atomic mass is 16.2. The normalized spacial score (nSPS) is 15.2. The molecule has 0 radical (unpaired) electrons. The molecular weight excluding hydrogens is 378 g/mol. The summed E-state index contributed by atoms with van der Waals surface area (Å²) in [7, 11) is 0. The molecule has 0 aromatic heterocycles. The predicted octanol–water partition coefficient (Wildman–Crippen LogP) is 3.99. The molecule has 1 aliphatic heterocycles. The quantitative estimate of drug-likeness (QED) is 0.696. The van der Waals surface area contributed by atoms with Crippen LogP contribution in [-0.2, 0) is 9.59 Å². The highest BCUT2D eigenvalue weighted by molar-refractivity contribution is 6.17. The van der Waals surface area contributed by atoms with Gasteiger partial charge in [-0.25, -0.2) is 0 Å². The van der Waals surface area contributed by atoms with Gasteiger partial charge in [-0.3, -0.25) is 19.3 Å². The Morgan fingerprint density at radius 1 is 0.933 bits per heavy atom. The number of benzene rings is 3. The number of aryl methyl sites for hydroxylation is 1. The van der Waals surface area contributed by atoms with Crippen LogP contribution in [0.4, 0.5) is 17.1 Å². The van der Waals surface area contributed by atoms with Crippen molar-refractivity contribution in [1.82, 2.24) is 0 Å². The van der Waals surface area contributed by atoms with Gasteiger partial charge in [-0.15, -0.1) is 0 Å². The minimum Gasteiger partial charge on any atom is -0.326 e. The molecule has 6 heteroatoms. The number of hydrogen-bond donors (Lipinski definition) is 2. The molecule has 0 aliphatic carbocycles. The van der Waals surface area contributed by atoms with Crippen LogP contribution in [0.25, 0.3) is 0 Å². The van der Waals surface area contributed by atoms with E-state index in [-0.39, 0.29) is 18.2 Å². The molecule has 30 heavy (non-hydrogen) atoms. The van der Waals surface area contributed by atoms with E-state index in [0.29, 0.717) is 22.6 Å². The zero-order valence-corrected chi connectivity index (χ0v) is 16.5. The van der Waals surface area contributed by atoms with Crippen molar-refractivity contribution in [1.29, 1.82) is 0 Å². The summed E-state index contributed by atoms with van der Waals surface area (Å²) < 4.78 is 0. The van der Waals surface area contributed by atoms with E-state index in [1.807, 2.05) is 25.1 Å². The molecule has 0 bridgehead atoms. The molecule has 3 aromatic carbocycles. The second-order valence-corrected chi connectivity index (χ2v) is 7.18. The Labute approximate surface area is 174 Å². The second kappa shape index (κ2) is 8.21. The topological polar surface area (TPSA) is 78.5 Å². The molecule has 1 aliphatic rings. The summed E-state index contributed by atoms with van der Waals surface area (Å²) in [5, 5.41) is 5.61. The van der Waals surface area contributed by atoms with Gasteiger partial charge < -0.3 is 10.6 Å². The maximum absolute atomic E-state index is 13.3. The van der Waals surface area contributed by atoms with Crippen molar-refractivity contribution < 1.29 is 14.4 Å². The summed E-state index contributed by atoms with van der Waals surface area (Å²) in [4.78, 5) is 40.3. The number of rotatable bonds is 4. The first-order valence-corrected chi connectivity index (χ1v) is 9.68. The first-order valence-electron chi connectivity index (χ1n) is 9.68. The summed E-state index contributed by atoms with van der Waals surface area (Å²) in [6.45, 7) is 1.96. The van der Waals surface area contributed by atoms with Crippen LogP contribution in [0.2, 0.25) is 0 Å². The van der Waals surface area contributed by atoms with Crippen LogP contribution in [0.3, 0.4) is 0 Å². The monoisotopic (exact) mass is 399 g/mol. The zero-order valence-electron chi connectivity index (χ0n) is 16.5. The molecule has 4 rings (SSSR count). The molecule has 150 valence electrons. The fourth-order valence-corrected chi connectivity index (χ4v) is 3.47. The number of carbonyl (C=O) groups is 3. The van der Waals surface area contributed by atoms with Gasteiger partial charge in [0.05, 0.1) is 17.8 Å². The van der Waals surface area contributed by atoms with Gasteiger partial charge in [0, 0.05) is 11.3 Å². The Morgan fingerprint density at radius 3 is 2.33 bits per heavy atom. The lowest BCUT2D eigenvalue weighted by Gasteiger charge is -2.36. The van der Waals surface area contributed by atoms with Gasteiger partial charge in [-0.05, 0) is 43.3 Å². The van der Waals surface area contributed by atoms with Crippen molar-refractivity contribution in [3.05, 3.63) is 90.0 Å². The third-order valence-corrected chi connectivity index (χ3v) is 4.99. The van der Waals surface area contributed by atoms with Gasteiger partial charge in [0.25, 0.3) is 5.91 Å². The summed E-state index contributed by atoms with van der Waals surface area (Å²) >= 11 is 0. The summed E-state index contributed by atoms with van der Waals surface area (Å²) in [6.07, 6.45) is -0.160. The lowest BCUT2D eigenvalue weighted by Crippen LogP contribution is -2.52. The molecule has 1 atom stereocenters. The van der Waals surface area contributed by atoms with Crippen molar-refractivity contribution in [3.63, 3.8) is 0 Å². The standard InChI is InChI=1S/C24H21N3O3/c1-16-11-13-18(14-12-16)25-22(28)15-21-23(29)26-19-9-5-6-10-20(19)27(21)24(30)17-7-3-2-4-8-17/h2-14,21H,15H2,1H3,(H,25,28)(H,26,29)/t21-/m1/s1. The number of nitrogens with one attached hydrogen (secondary N) is 2. The number of nitrogens with zero attached hydrogens (tertiary/aromatic N) is 1. The minimum absolute atomic E-state index is 0.160. The van der Waals surface area contributed by atoms with E-state index in [1.54, 1.807) is 60.7 Å². The van der Waals surface area contributed by atoms with E-state index in [1.165, 1.54) is 4.90 Å². The molecule has 0 saturated carbocycles. The highest BCUT2D eigenvalue weighted by Gasteiger charge is 2.38. The van der Waals surface area contributed by atoms with Crippen LogP contribution in [-0.4, -0.2) is 23.8 Å². The average Bonchev–Trinajstić information content (AvgIpc) is 2.76. The van der Waals surface area contributed by atoms with Gasteiger partial charge in [0.15, 0.2) is 0 Å². The molecular formula is C24H21N3O3. The van der Waals surface area contributed by atoms with Crippen molar-refractivity contribution in [2.75, 3.05) is 15.5 Å². The number of carbonyl (C=O) groups excluding carboxylic acids is 3. The lowest BCUT2D eigenvalue weighted by atomic mass is 10.0. The number of fused-ring (bicyclic) bond motifs is 1. The summed E-state index contributed by atoms with van der Waals surface area (Å²) in [5.74, 6) is -1.06. The Balaban J connectivity index is 1.64. The van der Waals surface area contributed by atoms with E-state index >= 15 is 0 Å². The Bertz CT molecular complexity index is 1090. The molecule has 6 nitrogen and oxygen atoms in total. The fourth-order valence-electron chi connectivity index (χ4n) is 3.47. The van der Waals surface area contributed by atoms with Crippen molar-refractivity contribution in [2.45, 2.75) is 19.4 Å². The van der Waals surface area contributed by atoms with E-state index < -0.39 is 11.9 Å². The van der Waals surface area contributed by atoms with E-state index in [2.05, 4.69) is 10.6 Å². The summed E-state index contributed by atoms with van der Waals surface area (Å²) in [5.41, 5.74) is 3.28. The second-order valence-electron chi connectivity index (χ2n) is 7.18. The van der Waals surface area contributed by atoms with Crippen LogP contribution in [0.5, 0.6) is 0 Å². The largest absolute Gasteiger partial charge is 0.326 e. The first-order chi connectivity index (χ1) is 14.5. The number of anilines is 3. The smallest absolute Gasteiger partial charge is 0.259 e. The van der Waals surface area contributed by atoms with Gasteiger partial charge in [0.1, 0.15) is 6.04 Å². The SMILES string of the molecule is Cc1ccc(NC(=O)C[C@@H]2C(=O)Nc3ccccc3N2C(=O)c2ccccc2)cc1. The summed E-state index contributed by atoms with van der Waals surface area (Å²) in [6, 6.07) is 22.3. The highest BCUT2D eigenvalue weighted by Crippen LogP contribution is 2.34. The van der Waals surface area contributed by atoms with Gasteiger partial charge in [0.2, 0.25) is 11.8 Å². The van der Waals surface area contributed by atoms with Crippen LogP contribution < -0.4 is 15.5 Å². The lowest BCUT2D eigenvalue weighted by molar-refractivity contribution is -0.122. The van der Waals surface area contributed by atoms with Gasteiger partial charge in [-0.1, -0.05) is 48.0 Å². The first kappa shape index (κ1) is 19.4. The Kier molecular flexibility index (Phi) is 5.30. The molecule has 0 saturated heterocycles. The molecule has 0 spiro atoms. The van der Waals surface area contributed by atoms with Crippen LogP contribution in [0.15, 0.2) is 78.9 Å². The Hall–Kier alpha value is -3.93. The zero-order chi connectivity index (χ0) is 21.1. The van der Waals surface area contributed by atoms with Crippen molar-refractivity contribution in [2.24, 2.45) is 0 Å². The maximum atomic E-state index is 13.3. The molecule has 1 heterocycles. The average molecular weight is 399 g/mol. The predicted molar refractivity (Wildman–Crippen MR) is 117 cm³/mol. The molecule has 3 aromatic rings. The molecule has 2 N–H and O–H groups in total. The third-order valence-electron chi connectivity index (χ3n) is 4.99. The third kappa shape index (κ3) is 3.93. The Morgan fingerprint density at radius 2 is 1.60 bits per heavy atom. The number of para-hydroxylation sites is 2. The number of hydrogen-bond acceptors (Lipinski definition) is 3. The molecule has 3 amide bonds. The van der Waals surface area contributed by atoms with Crippen molar-refractivity contribution in [3.8, 4) is 0 Å². The molecule has 0 unspecified atom stereocenters. The van der Waals surface area contributed by atoms with E-state index in [4.69, 9.17) is 0 Å². The van der Waals surface area contributed by atoms with Gasteiger partial charge in [-0.2, -0.15) is 0 Å². The van der Waals surface area contributed by atoms with Gasteiger partial charge >= 0.3 is 0 Å². The fraction of sp³-hybridized carbons (Fsp3) is 0.125. The number of amides is 3.